The van der Waals surface area contributed by atoms with Gasteiger partial charge in [0.05, 0.1) is 12.2 Å². The van der Waals surface area contributed by atoms with Crippen LogP contribution in [0, 0.1) is 5.92 Å². The molecule has 2 aliphatic carbocycles. The van der Waals surface area contributed by atoms with Crippen molar-refractivity contribution >= 4 is 11.7 Å². The average molecular weight is 293 g/mol. The summed E-state index contributed by atoms with van der Waals surface area (Å²) in [4.78, 5) is 26.0. The molecular formula is C17H27NO3. The van der Waals surface area contributed by atoms with Gasteiger partial charge in [0.15, 0.2) is 0 Å². The van der Waals surface area contributed by atoms with Gasteiger partial charge in [0.1, 0.15) is 5.78 Å². The van der Waals surface area contributed by atoms with E-state index in [1.165, 1.54) is 19.3 Å². The Hall–Kier alpha value is -0.900. The van der Waals surface area contributed by atoms with E-state index in [2.05, 4.69) is 0 Å². The number of hydrogen-bond acceptors (Lipinski definition) is 3. The molecule has 3 rings (SSSR count). The van der Waals surface area contributed by atoms with E-state index < -0.39 is 0 Å². The first-order chi connectivity index (χ1) is 10.2. The minimum Gasteiger partial charge on any atom is -0.371 e. The van der Waals surface area contributed by atoms with Gasteiger partial charge in [-0.2, -0.15) is 0 Å². The van der Waals surface area contributed by atoms with E-state index in [0.717, 1.165) is 45.2 Å². The maximum Gasteiger partial charge on any atom is 0.222 e. The highest BCUT2D eigenvalue weighted by molar-refractivity contribution is 5.84. The van der Waals surface area contributed by atoms with E-state index in [-0.39, 0.29) is 11.5 Å². The van der Waals surface area contributed by atoms with Gasteiger partial charge in [-0.05, 0) is 32.1 Å². The van der Waals surface area contributed by atoms with E-state index in [1.54, 1.807) is 0 Å². The Morgan fingerprint density at radius 2 is 1.86 bits per heavy atom. The van der Waals surface area contributed by atoms with Crippen LogP contribution in [0.3, 0.4) is 0 Å². The Morgan fingerprint density at radius 3 is 2.57 bits per heavy atom. The van der Waals surface area contributed by atoms with Crippen molar-refractivity contribution in [2.24, 2.45) is 5.92 Å². The van der Waals surface area contributed by atoms with Crippen LogP contribution in [0.4, 0.5) is 0 Å². The molecule has 0 aromatic heterocycles. The van der Waals surface area contributed by atoms with Gasteiger partial charge in [-0.3, -0.25) is 9.59 Å². The molecule has 21 heavy (non-hydrogen) atoms. The van der Waals surface area contributed by atoms with Crippen molar-refractivity contribution in [3.8, 4) is 0 Å². The maximum atomic E-state index is 12.4. The van der Waals surface area contributed by atoms with Crippen LogP contribution >= 0.6 is 0 Å². The number of carbonyl (C=O) groups excluding carboxylic acids is 2. The van der Waals surface area contributed by atoms with Crippen molar-refractivity contribution < 1.29 is 14.3 Å². The normalized spacial score (nSPS) is 25.0. The number of morpholine rings is 1. The first-order valence-corrected chi connectivity index (χ1v) is 8.63. The van der Waals surface area contributed by atoms with Crippen LogP contribution in [-0.4, -0.2) is 41.9 Å². The van der Waals surface area contributed by atoms with Crippen LogP contribution in [-0.2, 0) is 14.3 Å². The zero-order valence-corrected chi connectivity index (χ0v) is 12.9. The van der Waals surface area contributed by atoms with Crippen LogP contribution in [0.15, 0.2) is 0 Å². The zero-order valence-electron chi connectivity index (χ0n) is 12.9. The maximum absolute atomic E-state index is 12.4. The highest BCUT2D eigenvalue weighted by Gasteiger charge is 2.39. The molecule has 0 atom stereocenters. The van der Waals surface area contributed by atoms with Crippen LogP contribution in [0.2, 0.25) is 0 Å². The summed E-state index contributed by atoms with van der Waals surface area (Å²) in [6, 6.07) is 0. The topological polar surface area (TPSA) is 46.6 Å². The van der Waals surface area contributed by atoms with Crippen molar-refractivity contribution in [1.82, 2.24) is 4.90 Å². The second kappa shape index (κ2) is 6.47. The number of nitrogens with zero attached hydrogens (tertiary/aromatic N) is 1. The van der Waals surface area contributed by atoms with Crippen LogP contribution < -0.4 is 0 Å². The van der Waals surface area contributed by atoms with Crippen molar-refractivity contribution in [1.29, 1.82) is 0 Å². The third-order valence-corrected chi connectivity index (χ3v) is 5.21. The Bertz CT molecular complexity index is 391. The van der Waals surface area contributed by atoms with Crippen molar-refractivity contribution in [2.75, 3.05) is 19.7 Å². The van der Waals surface area contributed by atoms with Crippen molar-refractivity contribution in [3.05, 3.63) is 0 Å². The van der Waals surface area contributed by atoms with Crippen LogP contribution in [0.5, 0.6) is 0 Å². The van der Waals surface area contributed by atoms with E-state index in [0.29, 0.717) is 31.1 Å². The molecule has 1 heterocycles. The smallest absolute Gasteiger partial charge is 0.222 e. The van der Waals surface area contributed by atoms with Gasteiger partial charge >= 0.3 is 0 Å². The fourth-order valence-corrected chi connectivity index (χ4v) is 3.74. The molecule has 2 saturated carbocycles. The fourth-order valence-electron chi connectivity index (χ4n) is 3.74. The number of hydrogen-bond donors (Lipinski definition) is 0. The lowest BCUT2D eigenvalue weighted by atomic mass is 9.83. The third kappa shape index (κ3) is 3.85. The summed E-state index contributed by atoms with van der Waals surface area (Å²) in [6.07, 6.45) is 9.89. The molecule has 1 amide bonds. The second-order valence-corrected chi connectivity index (χ2v) is 7.00. The lowest BCUT2D eigenvalue weighted by Gasteiger charge is -2.45. The number of ketones is 1. The van der Waals surface area contributed by atoms with Crippen LogP contribution in [0.25, 0.3) is 0 Å². The molecule has 1 aliphatic heterocycles. The van der Waals surface area contributed by atoms with E-state index in [4.69, 9.17) is 4.74 Å². The predicted molar refractivity (Wildman–Crippen MR) is 79.9 cm³/mol. The molecule has 3 fully saturated rings. The molecule has 0 N–H and O–H groups in total. The number of carbonyl (C=O) groups is 2. The molecule has 0 radical (unpaired) electrons. The molecule has 118 valence electrons. The first-order valence-electron chi connectivity index (χ1n) is 8.63. The largest absolute Gasteiger partial charge is 0.371 e. The SMILES string of the molecule is O=C(CCCC(=O)N1CCOC2(CCCCC2)C1)C1CC1. The fraction of sp³-hybridized carbons (Fsp3) is 0.882. The molecule has 4 heteroatoms. The second-order valence-electron chi connectivity index (χ2n) is 7.00. The summed E-state index contributed by atoms with van der Waals surface area (Å²) in [7, 11) is 0. The number of rotatable bonds is 5. The van der Waals surface area contributed by atoms with Crippen molar-refractivity contribution in [3.63, 3.8) is 0 Å². The minimum absolute atomic E-state index is 0.0595. The first kappa shape index (κ1) is 15.0. The van der Waals surface area contributed by atoms with Gasteiger partial charge in [-0.1, -0.05) is 19.3 Å². The molecular weight excluding hydrogens is 266 g/mol. The molecule has 1 spiro atoms. The standard InChI is InChI=1S/C17H27NO3/c19-15(14-7-8-14)5-4-6-16(20)18-11-12-21-17(13-18)9-2-1-3-10-17/h14H,1-13H2. The molecule has 0 unspecified atom stereocenters. The molecule has 1 saturated heterocycles. The monoisotopic (exact) mass is 293 g/mol. The van der Waals surface area contributed by atoms with Gasteiger partial charge < -0.3 is 9.64 Å². The summed E-state index contributed by atoms with van der Waals surface area (Å²) in [5.41, 5.74) is -0.0595. The lowest BCUT2D eigenvalue weighted by molar-refractivity contribution is -0.156. The Labute approximate surface area is 127 Å². The zero-order chi connectivity index (χ0) is 14.7. The third-order valence-electron chi connectivity index (χ3n) is 5.21. The Morgan fingerprint density at radius 1 is 1.10 bits per heavy atom. The van der Waals surface area contributed by atoms with Gasteiger partial charge in [-0.25, -0.2) is 0 Å². The van der Waals surface area contributed by atoms with Crippen LogP contribution in [0.1, 0.15) is 64.2 Å². The van der Waals surface area contributed by atoms with E-state index in [9.17, 15) is 9.59 Å². The molecule has 4 nitrogen and oxygen atoms in total. The Balaban J connectivity index is 1.44. The summed E-state index contributed by atoms with van der Waals surface area (Å²) in [6.45, 7) is 2.16. The highest BCUT2D eigenvalue weighted by Crippen LogP contribution is 2.35. The quantitative estimate of drug-likeness (QED) is 0.783. The van der Waals surface area contributed by atoms with E-state index >= 15 is 0 Å². The number of amides is 1. The van der Waals surface area contributed by atoms with E-state index in [1.807, 2.05) is 4.90 Å². The molecule has 3 aliphatic rings. The minimum atomic E-state index is -0.0595. The van der Waals surface area contributed by atoms with Crippen molar-refractivity contribution in [2.45, 2.75) is 69.8 Å². The molecule has 0 aromatic rings. The summed E-state index contributed by atoms with van der Waals surface area (Å²) < 4.78 is 6.02. The highest BCUT2D eigenvalue weighted by atomic mass is 16.5. The molecule has 0 aromatic carbocycles. The van der Waals surface area contributed by atoms with Gasteiger partial charge in [0.2, 0.25) is 5.91 Å². The van der Waals surface area contributed by atoms with Gasteiger partial charge in [0, 0.05) is 31.8 Å². The average Bonchev–Trinajstić information content (AvgIpc) is 3.32. The predicted octanol–water partition coefficient (Wildman–Crippen LogP) is 2.70. The Kier molecular flexibility index (Phi) is 4.63. The molecule has 0 bridgehead atoms. The number of ether oxygens (including phenoxy) is 1. The lowest BCUT2D eigenvalue weighted by Crippen LogP contribution is -2.54. The van der Waals surface area contributed by atoms with Gasteiger partial charge in [0.25, 0.3) is 0 Å². The summed E-state index contributed by atoms with van der Waals surface area (Å²) in [5, 5.41) is 0. The number of Topliss-reactive ketones (excluding diaryl/α,β-unsaturated/α-hetero) is 1. The summed E-state index contributed by atoms with van der Waals surface area (Å²) in [5.74, 6) is 0.911. The van der Waals surface area contributed by atoms with Gasteiger partial charge in [-0.15, -0.1) is 0 Å². The summed E-state index contributed by atoms with van der Waals surface area (Å²) >= 11 is 0.